The van der Waals surface area contributed by atoms with Gasteiger partial charge < -0.3 is 9.47 Å². The molecule has 1 aromatic carbocycles. The highest BCUT2D eigenvalue weighted by Crippen LogP contribution is 2.43. The molecule has 1 aromatic rings. The van der Waals surface area contributed by atoms with Crippen molar-refractivity contribution in [3.8, 4) is 0 Å². The van der Waals surface area contributed by atoms with Crippen LogP contribution in [0.5, 0.6) is 0 Å². The van der Waals surface area contributed by atoms with Gasteiger partial charge in [-0.25, -0.2) is 0 Å². The van der Waals surface area contributed by atoms with E-state index >= 15 is 0 Å². The average Bonchev–Trinajstić information content (AvgIpc) is 2.81. The van der Waals surface area contributed by atoms with Crippen LogP contribution in [0, 0.1) is 0 Å². The fourth-order valence-corrected chi connectivity index (χ4v) is 2.44. The molecular formula is C12H13NO3. The number of ether oxygens (including phenoxy) is 2. The molecule has 0 spiro atoms. The van der Waals surface area contributed by atoms with Crippen molar-refractivity contribution >= 4 is 5.91 Å². The Morgan fingerprint density at radius 2 is 2.31 bits per heavy atom. The third-order valence-electron chi connectivity index (χ3n) is 3.05. The van der Waals surface area contributed by atoms with Gasteiger partial charge in [-0.05, 0) is 13.0 Å². The Kier molecular flexibility index (Phi) is 2.02. The van der Waals surface area contributed by atoms with Gasteiger partial charge in [-0.15, -0.1) is 0 Å². The third-order valence-corrected chi connectivity index (χ3v) is 3.05. The molecule has 0 N–H and O–H groups in total. The molecule has 84 valence electrons. The summed E-state index contributed by atoms with van der Waals surface area (Å²) in [5.41, 5.74) is 1.52. The minimum absolute atomic E-state index is 0.00144. The summed E-state index contributed by atoms with van der Waals surface area (Å²) >= 11 is 0. The van der Waals surface area contributed by atoms with Crippen LogP contribution >= 0.6 is 0 Å². The number of hydrogen-bond donors (Lipinski definition) is 0. The van der Waals surface area contributed by atoms with Crippen LogP contribution in [0.2, 0.25) is 0 Å². The molecule has 3 rings (SSSR count). The monoisotopic (exact) mass is 219 g/mol. The lowest BCUT2D eigenvalue weighted by molar-refractivity contribution is -0.265. The van der Waals surface area contributed by atoms with Crippen LogP contribution in [0.25, 0.3) is 0 Å². The van der Waals surface area contributed by atoms with Crippen LogP contribution in [0.4, 0.5) is 0 Å². The molecule has 0 bridgehead atoms. The van der Waals surface area contributed by atoms with Crippen molar-refractivity contribution in [1.82, 2.24) is 4.90 Å². The predicted molar refractivity (Wildman–Crippen MR) is 56.7 cm³/mol. The number of benzene rings is 1. The number of carbonyl (C=O) groups excluding carboxylic acids is 1. The zero-order valence-corrected chi connectivity index (χ0v) is 9.10. The molecule has 2 aliphatic rings. The first-order valence-electron chi connectivity index (χ1n) is 5.49. The Labute approximate surface area is 93.8 Å². The molecule has 2 aliphatic heterocycles. The van der Waals surface area contributed by atoms with Crippen molar-refractivity contribution in [3.05, 3.63) is 35.4 Å². The van der Waals surface area contributed by atoms with Gasteiger partial charge in [0, 0.05) is 12.2 Å². The van der Waals surface area contributed by atoms with Crippen LogP contribution in [0.15, 0.2) is 24.3 Å². The third kappa shape index (κ3) is 1.03. The first-order chi connectivity index (χ1) is 7.79. The van der Waals surface area contributed by atoms with Crippen molar-refractivity contribution in [3.63, 3.8) is 0 Å². The zero-order chi connectivity index (χ0) is 11.2. The van der Waals surface area contributed by atoms with Crippen molar-refractivity contribution < 1.29 is 14.3 Å². The summed E-state index contributed by atoms with van der Waals surface area (Å²) in [6.45, 7) is 3.53. The van der Waals surface area contributed by atoms with E-state index in [0.717, 1.165) is 5.56 Å². The van der Waals surface area contributed by atoms with E-state index in [0.29, 0.717) is 25.3 Å². The number of hydrogen-bond acceptors (Lipinski definition) is 3. The largest absolute Gasteiger partial charge is 0.329 e. The lowest BCUT2D eigenvalue weighted by atomic mass is 10.1. The first kappa shape index (κ1) is 9.81. The van der Waals surface area contributed by atoms with E-state index in [1.165, 1.54) is 0 Å². The zero-order valence-electron chi connectivity index (χ0n) is 9.10. The summed E-state index contributed by atoms with van der Waals surface area (Å²) < 4.78 is 11.4. The highest BCUT2D eigenvalue weighted by molar-refractivity contribution is 5.99. The second kappa shape index (κ2) is 3.30. The smallest absolute Gasteiger partial charge is 0.283 e. The summed E-state index contributed by atoms with van der Waals surface area (Å²) in [7, 11) is 0. The van der Waals surface area contributed by atoms with Crippen molar-refractivity contribution in [1.29, 1.82) is 0 Å². The summed E-state index contributed by atoms with van der Waals surface area (Å²) in [4.78, 5) is 13.8. The number of fused-ring (bicyclic) bond motifs is 3. The minimum Gasteiger partial charge on any atom is -0.329 e. The maximum atomic E-state index is 12.1. The van der Waals surface area contributed by atoms with Gasteiger partial charge in [0.1, 0.15) is 0 Å². The van der Waals surface area contributed by atoms with Gasteiger partial charge in [0.2, 0.25) is 0 Å². The fraction of sp³-hybridized carbons (Fsp3) is 0.417. The number of rotatable bonds is 2. The number of nitrogens with zero attached hydrogens (tertiary/aromatic N) is 1. The van der Waals surface area contributed by atoms with E-state index in [-0.39, 0.29) is 5.91 Å². The van der Waals surface area contributed by atoms with Gasteiger partial charge in [0.15, 0.2) is 0 Å². The minimum atomic E-state index is -0.956. The molecule has 1 amide bonds. The number of amides is 1. The first-order valence-corrected chi connectivity index (χ1v) is 5.49. The second-order valence-electron chi connectivity index (χ2n) is 3.87. The van der Waals surface area contributed by atoms with Crippen LogP contribution in [0.3, 0.4) is 0 Å². The molecule has 4 heteroatoms. The lowest BCUT2D eigenvalue weighted by Gasteiger charge is -2.30. The van der Waals surface area contributed by atoms with Crippen molar-refractivity contribution in [2.45, 2.75) is 12.8 Å². The van der Waals surface area contributed by atoms with Gasteiger partial charge in [-0.1, -0.05) is 18.2 Å². The van der Waals surface area contributed by atoms with E-state index in [4.69, 9.17) is 9.47 Å². The van der Waals surface area contributed by atoms with E-state index in [9.17, 15) is 4.79 Å². The Balaban J connectivity index is 2.17. The highest BCUT2D eigenvalue weighted by Gasteiger charge is 2.55. The predicted octanol–water partition coefficient (Wildman–Crippen LogP) is 1.32. The quantitative estimate of drug-likeness (QED) is 0.753. The molecule has 0 radical (unpaired) electrons. The van der Waals surface area contributed by atoms with Crippen molar-refractivity contribution in [2.75, 3.05) is 19.8 Å². The van der Waals surface area contributed by atoms with E-state index in [1.54, 1.807) is 4.90 Å². The van der Waals surface area contributed by atoms with Gasteiger partial charge in [-0.2, -0.15) is 0 Å². The molecule has 0 aromatic heterocycles. The van der Waals surface area contributed by atoms with Gasteiger partial charge in [0.25, 0.3) is 11.8 Å². The molecule has 1 atom stereocenters. The molecule has 2 heterocycles. The van der Waals surface area contributed by atoms with Crippen LogP contribution in [-0.2, 0) is 15.4 Å². The molecule has 0 aliphatic carbocycles. The average molecular weight is 219 g/mol. The summed E-state index contributed by atoms with van der Waals surface area (Å²) in [5.74, 6) is -0.954. The maximum Gasteiger partial charge on any atom is 0.283 e. The van der Waals surface area contributed by atoms with E-state index in [1.807, 2.05) is 31.2 Å². The summed E-state index contributed by atoms with van der Waals surface area (Å²) in [6.07, 6.45) is 0. The number of carbonyl (C=O) groups is 1. The molecule has 1 saturated heterocycles. The Morgan fingerprint density at radius 3 is 3.12 bits per heavy atom. The maximum absolute atomic E-state index is 12.1. The normalized spacial score (nSPS) is 27.1. The lowest BCUT2D eigenvalue weighted by Crippen LogP contribution is -2.41. The van der Waals surface area contributed by atoms with Crippen molar-refractivity contribution in [2.24, 2.45) is 0 Å². The molecule has 16 heavy (non-hydrogen) atoms. The Morgan fingerprint density at radius 1 is 1.50 bits per heavy atom. The molecule has 4 nitrogen and oxygen atoms in total. The summed E-state index contributed by atoms with van der Waals surface area (Å²) in [5, 5.41) is 0. The Bertz CT molecular complexity index is 446. The molecule has 0 saturated carbocycles. The highest BCUT2D eigenvalue weighted by atomic mass is 16.7. The summed E-state index contributed by atoms with van der Waals surface area (Å²) in [6, 6.07) is 7.48. The van der Waals surface area contributed by atoms with Gasteiger partial charge in [0.05, 0.1) is 18.7 Å². The van der Waals surface area contributed by atoms with E-state index in [2.05, 4.69) is 0 Å². The van der Waals surface area contributed by atoms with Gasteiger partial charge in [-0.3, -0.25) is 9.69 Å². The topological polar surface area (TPSA) is 38.8 Å². The molecule has 1 fully saturated rings. The molecular weight excluding hydrogens is 206 g/mol. The van der Waals surface area contributed by atoms with E-state index < -0.39 is 5.91 Å². The standard InChI is InChI=1S/C12H13NO3/c1-2-15-12-10-6-4-3-5-9(10)11(14)13(12)7-8-16-12/h3-6H,2,7-8H2,1H3. The Hall–Kier alpha value is -1.39. The fourth-order valence-electron chi connectivity index (χ4n) is 2.44. The van der Waals surface area contributed by atoms with Gasteiger partial charge >= 0.3 is 0 Å². The van der Waals surface area contributed by atoms with Crippen LogP contribution in [-0.4, -0.2) is 30.6 Å². The van der Waals surface area contributed by atoms with Crippen LogP contribution < -0.4 is 0 Å². The molecule has 1 unspecified atom stereocenters. The second-order valence-corrected chi connectivity index (χ2v) is 3.87. The van der Waals surface area contributed by atoms with Crippen LogP contribution in [0.1, 0.15) is 22.8 Å². The SMILES string of the molecule is CCOC12OCCN1C(=O)c1ccccc12.